The molecule has 0 atom stereocenters. The zero-order valence-corrected chi connectivity index (χ0v) is 13.7. The average Bonchev–Trinajstić information content (AvgIpc) is 2.58. The molecule has 2 N–H and O–H groups in total. The number of rotatable bonds is 7. The predicted octanol–water partition coefficient (Wildman–Crippen LogP) is 2.83. The van der Waals surface area contributed by atoms with Crippen molar-refractivity contribution in [1.82, 2.24) is 0 Å². The molecule has 6 nitrogen and oxygen atoms in total. The molecule has 0 amide bonds. The summed E-state index contributed by atoms with van der Waals surface area (Å²) in [5.74, 6) is -1.12. The smallest absolute Gasteiger partial charge is 0.333 e. The molecular weight excluding hydrogens is 324 g/mol. The highest BCUT2D eigenvalue weighted by molar-refractivity contribution is 6.12. The molecule has 2 aromatic rings. The lowest BCUT2D eigenvalue weighted by atomic mass is 10.0. The van der Waals surface area contributed by atoms with Gasteiger partial charge in [-0.05, 0) is 31.2 Å². The molecule has 25 heavy (non-hydrogen) atoms. The van der Waals surface area contributed by atoms with Crippen LogP contribution in [0.5, 0.6) is 17.2 Å². The van der Waals surface area contributed by atoms with Crippen LogP contribution < -0.4 is 4.74 Å². The summed E-state index contributed by atoms with van der Waals surface area (Å²) < 4.78 is 10.2. The van der Waals surface area contributed by atoms with Gasteiger partial charge in [-0.15, -0.1) is 0 Å². The minimum Gasteiger partial charge on any atom is -0.507 e. The first-order chi connectivity index (χ1) is 11.9. The number of para-hydroxylation sites is 1. The Kier molecular flexibility index (Phi) is 5.79. The lowest BCUT2D eigenvalue weighted by molar-refractivity contribution is -0.139. The second kappa shape index (κ2) is 8.01. The first-order valence-electron chi connectivity index (χ1n) is 7.51. The number of phenolic OH excluding ortho intramolecular Hbond substituents is 2. The monoisotopic (exact) mass is 342 g/mol. The second-order valence-electron chi connectivity index (χ2n) is 5.29. The molecule has 0 saturated heterocycles. The summed E-state index contributed by atoms with van der Waals surface area (Å²) in [4.78, 5) is 23.6. The molecule has 0 aliphatic heterocycles. The van der Waals surface area contributed by atoms with Crippen molar-refractivity contribution in [3.63, 3.8) is 0 Å². The van der Waals surface area contributed by atoms with E-state index in [4.69, 9.17) is 9.47 Å². The highest BCUT2D eigenvalue weighted by atomic mass is 16.6. The van der Waals surface area contributed by atoms with E-state index in [1.807, 2.05) is 0 Å². The molecule has 0 aromatic heterocycles. The van der Waals surface area contributed by atoms with Gasteiger partial charge < -0.3 is 19.7 Å². The predicted molar refractivity (Wildman–Crippen MR) is 90.9 cm³/mol. The van der Waals surface area contributed by atoms with Crippen molar-refractivity contribution in [2.45, 2.75) is 6.92 Å². The molecule has 0 aliphatic rings. The number of aromatic hydroxyl groups is 2. The van der Waals surface area contributed by atoms with Gasteiger partial charge in [-0.1, -0.05) is 18.7 Å². The minimum absolute atomic E-state index is 0.0328. The molecular formula is C19H18O6. The van der Waals surface area contributed by atoms with Crippen molar-refractivity contribution in [2.24, 2.45) is 0 Å². The lowest BCUT2D eigenvalue weighted by Gasteiger charge is -2.10. The van der Waals surface area contributed by atoms with Gasteiger partial charge in [0.1, 0.15) is 30.5 Å². The molecule has 2 aromatic carbocycles. The normalized spacial score (nSPS) is 10.1. The van der Waals surface area contributed by atoms with Crippen LogP contribution in [-0.2, 0) is 9.53 Å². The Morgan fingerprint density at radius 1 is 1.00 bits per heavy atom. The van der Waals surface area contributed by atoms with Crippen LogP contribution in [0.25, 0.3) is 0 Å². The van der Waals surface area contributed by atoms with Crippen molar-refractivity contribution < 1.29 is 29.3 Å². The van der Waals surface area contributed by atoms with Crippen molar-refractivity contribution in [1.29, 1.82) is 0 Å². The molecule has 0 saturated carbocycles. The van der Waals surface area contributed by atoms with Gasteiger partial charge in [0.2, 0.25) is 0 Å². The number of hydrogen-bond acceptors (Lipinski definition) is 6. The summed E-state index contributed by atoms with van der Waals surface area (Å²) in [6.07, 6.45) is 0. The largest absolute Gasteiger partial charge is 0.507 e. The summed E-state index contributed by atoms with van der Waals surface area (Å²) in [5, 5.41) is 19.8. The molecule has 2 rings (SSSR count). The van der Waals surface area contributed by atoms with Crippen LogP contribution in [0.4, 0.5) is 0 Å². The van der Waals surface area contributed by atoms with E-state index in [1.165, 1.54) is 30.3 Å². The molecule has 0 unspecified atom stereocenters. The van der Waals surface area contributed by atoms with Crippen LogP contribution in [0, 0.1) is 0 Å². The van der Waals surface area contributed by atoms with E-state index in [-0.39, 0.29) is 35.8 Å². The summed E-state index contributed by atoms with van der Waals surface area (Å²) in [6.45, 7) is 5.13. The van der Waals surface area contributed by atoms with E-state index in [0.717, 1.165) is 0 Å². The molecule has 0 spiro atoms. The standard InChI is InChI=1S/C19H18O6/c1-12(2)19(23)25-10-9-24-13-7-8-15(17(21)11-13)18(22)14-5-3-4-6-16(14)20/h3-8,11,20-21H,1,9-10H2,2H3. The summed E-state index contributed by atoms with van der Waals surface area (Å²) >= 11 is 0. The van der Waals surface area contributed by atoms with Crippen LogP contribution in [-0.4, -0.2) is 35.2 Å². The van der Waals surface area contributed by atoms with Crippen molar-refractivity contribution in [3.05, 3.63) is 65.7 Å². The number of carbonyl (C=O) groups is 2. The third-order valence-electron chi connectivity index (χ3n) is 3.30. The average molecular weight is 342 g/mol. The number of hydrogen-bond donors (Lipinski definition) is 2. The molecule has 0 aliphatic carbocycles. The van der Waals surface area contributed by atoms with E-state index in [1.54, 1.807) is 19.1 Å². The van der Waals surface area contributed by atoms with E-state index in [9.17, 15) is 19.8 Å². The van der Waals surface area contributed by atoms with Gasteiger partial charge in [-0.25, -0.2) is 4.79 Å². The van der Waals surface area contributed by atoms with Crippen LogP contribution >= 0.6 is 0 Å². The molecule has 0 radical (unpaired) electrons. The number of benzene rings is 2. The maximum Gasteiger partial charge on any atom is 0.333 e. The van der Waals surface area contributed by atoms with Crippen LogP contribution in [0.2, 0.25) is 0 Å². The number of phenols is 2. The Labute approximate surface area is 144 Å². The lowest BCUT2D eigenvalue weighted by Crippen LogP contribution is -2.12. The highest BCUT2D eigenvalue weighted by Crippen LogP contribution is 2.28. The molecule has 0 bridgehead atoms. The van der Waals surface area contributed by atoms with Gasteiger partial charge in [0, 0.05) is 11.6 Å². The Hall–Kier alpha value is -3.28. The SMILES string of the molecule is C=C(C)C(=O)OCCOc1ccc(C(=O)c2ccccc2O)c(O)c1. The molecule has 6 heteroatoms. The van der Waals surface area contributed by atoms with Gasteiger partial charge in [0.25, 0.3) is 0 Å². The summed E-state index contributed by atoms with van der Waals surface area (Å²) in [7, 11) is 0. The zero-order valence-electron chi connectivity index (χ0n) is 13.7. The Bertz CT molecular complexity index is 809. The topological polar surface area (TPSA) is 93.1 Å². The summed E-state index contributed by atoms with van der Waals surface area (Å²) in [5.41, 5.74) is 0.436. The third kappa shape index (κ3) is 4.60. The number of esters is 1. The first kappa shape index (κ1) is 18.1. The Morgan fingerprint density at radius 3 is 2.32 bits per heavy atom. The quantitative estimate of drug-likeness (QED) is 0.348. The maximum atomic E-state index is 12.4. The van der Waals surface area contributed by atoms with Gasteiger partial charge >= 0.3 is 5.97 Å². The minimum atomic E-state index is -0.505. The van der Waals surface area contributed by atoms with Gasteiger partial charge in [-0.3, -0.25) is 4.79 Å². The fraction of sp³-hybridized carbons (Fsp3) is 0.158. The number of ketones is 1. The Balaban J connectivity index is 2.01. The first-order valence-corrected chi connectivity index (χ1v) is 7.51. The third-order valence-corrected chi connectivity index (χ3v) is 3.30. The van der Waals surface area contributed by atoms with Gasteiger partial charge in [0.05, 0.1) is 11.1 Å². The van der Waals surface area contributed by atoms with E-state index in [0.29, 0.717) is 11.3 Å². The fourth-order valence-corrected chi connectivity index (χ4v) is 2.02. The van der Waals surface area contributed by atoms with E-state index >= 15 is 0 Å². The molecule has 0 fully saturated rings. The Morgan fingerprint density at radius 2 is 1.68 bits per heavy atom. The maximum absolute atomic E-state index is 12.4. The van der Waals surface area contributed by atoms with Crippen molar-refractivity contribution in [2.75, 3.05) is 13.2 Å². The van der Waals surface area contributed by atoms with Gasteiger partial charge in [-0.2, -0.15) is 0 Å². The van der Waals surface area contributed by atoms with Crippen LogP contribution in [0.1, 0.15) is 22.8 Å². The van der Waals surface area contributed by atoms with Crippen molar-refractivity contribution >= 4 is 11.8 Å². The van der Waals surface area contributed by atoms with Crippen LogP contribution in [0.3, 0.4) is 0 Å². The van der Waals surface area contributed by atoms with Crippen LogP contribution in [0.15, 0.2) is 54.6 Å². The fourth-order valence-electron chi connectivity index (χ4n) is 2.02. The molecule has 0 heterocycles. The van der Waals surface area contributed by atoms with E-state index < -0.39 is 11.8 Å². The van der Waals surface area contributed by atoms with Crippen molar-refractivity contribution in [3.8, 4) is 17.2 Å². The summed E-state index contributed by atoms with van der Waals surface area (Å²) in [6, 6.07) is 10.3. The highest BCUT2D eigenvalue weighted by Gasteiger charge is 2.17. The second-order valence-corrected chi connectivity index (χ2v) is 5.29. The number of ether oxygens (including phenoxy) is 2. The number of carbonyl (C=O) groups excluding carboxylic acids is 2. The zero-order chi connectivity index (χ0) is 18.4. The molecule has 130 valence electrons. The van der Waals surface area contributed by atoms with E-state index in [2.05, 4.69) is 6.58 Å². The van der Waals surface area contributed by atoms with Gasteiger partial charge in [0.15, 0.2) is 5.78 Å².